The molecule has 2 aromatic rings. The molecular formula is C15H16ClN3O3. The number of methoxy groups -OCH3 is 1. The second kappa shape index (κ2) is 7.00. The van der Waals surface area contributed by atoms with Gasteiger partial charge in [-0.15, -0.1) is 0 Å². The Balaban J connectivity index is 2.02. The summed E-state index contributed by atoms with van der Waals surface area (Å²) in [6.45, 7) is 0.321. The summed E-state index contributed by atoms with van der Waals surface area (Å²) in [5.41, 5.74) is 1.21. The summed E-state index contributed by atoms with van der Waals surface area (Å²) < 4.78 is 4.98. The summed E-state index contributed by atoms with van der Waals surface area (Å²) in [7, 11) is 3.12. The molecule has 6 nitrogen and oxygen atoms in total. The number of amides is 2. The number of hydrogen-bond donors (Lipinski definition) is 2. The van der Waals surface area contributed by atoms with Crippen LogP contribution in [0.15, 0.2) is 36.5 Å². The lowest BCUT2D eigenvalue weighted by molar-refractivity contribution is 0.220. The van der Waals surface area contributed by atoms with Crippen LogP contribution in [0.5, 0.6) is 11.5 Å². The number of urea groups is 1. The third-order valence-electron chi connectivity index (χ3n) is 3.01. The van der Waals surface area contributed by atoms with Crippen LogP contribution in [-0.4, -0.2) is 35.2 Å². The van der Waals surface area contributed by atoms with Crippen LogP contribution >= 0.6 is 11.6 Å². The number of ether oxygens (including phenoxy) is 1. The molecule has 0 atom stereocenters. The monoisotopic (exact) mass is 321 g/mol. The molecule has 116 valence electrons. The highest BCUT2D eigenvalue weighted by Gasteiger charge is 2.12. The zero-order chi connectivity index (χ0) is 16.1. The van der Waals surface area contributed by atoms with Crippen LogP contribution < -0.4 is 10.1 Å². The van der Waals surface area contributed by atoms with E-state index in [2.05, 4.69) is 10.3 Å². The molecule has 0 unspecified atom stereocenters. The molecule has 2 rings (SSSR count). The Labute approximate surface area is 133 Å². The lowest BCUT2D eigenvalue weighted by Gasteiger charge is -2.18. The Morgan fingerprint density at radius 3 is 2.86 bits per heavy atom. The van der Waals surface area contributed by atoms with Gasteiger partial charge in [-0.25, -0.2) is 9.78 Å². The molecule has 7 heteroatoms. The third kappa shape index (κ3) is 3.79. The van der Waals surface area contributed by atoms with E-state index >= 15 is 0 Å². The quantitative estimate of drug-likeness (QED) is 0.848. The molecular weight excluding hydrogens is 306 g/mol. The number of phenolic OH excluding ortho intramolecular Hbond substituents is 1. The SMILES string of the molecule is COc1ccc(CN(C)C(=O)Nc2cccnc2Cl)cc1O. The number of benzene rings is 1. The Bertz CT molecular complexity index is 679. The molecule has 22 heavy (non-hydrogen) atoms. The molecule has 1 heterocycles. The Morgan fingerprint density at radius 2 is 2.23 bits per heavy atom. The van der Waals surface area contributed by atoms with Gasteiger partial charge < -0.3 is 20.1 Å². The van der Waals surface area contributed by atoms with Crippen LogP contribution in [0.25, 0.3) is 0 Å². The highest BCUT2D eigenvalue weighted by molar-refractivity contribution is 6.32. The van der Waals surface area contributed by atoms with Crippen LogP contribution in [0.2, 0.25) is 5.15 Å². The Morgan fingerprint density at radius 1 is 1.45 bits per heavy atom. The first-order valence-corrected chi connectivity index (χ1v) is 6.87. The minimum absolute atomic E-state index is 0.0316. The molecule has 0 bridgehead atoms. The standard InChI is InChI=1S/C15H16ClN3O3/c1-19(9-10-5-6-13(22-2)12(20)8-10)15(21)18-11-4-3-7-17-14(11)16/h3-8,20H,9H2,1-2H3,(H,18,21). The summed E-state index contributed by atoms with van der Waals surface area (Å²) >= 11 is 5.90. The Hall–Kier alpha value is -2.47. The van der Waals surface area contributed by atoms with Crippen molar-refractivity contribution in [3.63, 3.8) is 0 Å². The number of anilines is 1. The van der Waals surface area contributed by atoms with E-state index in [0.717, 1.165) is 5.56 Å². The number of carbonyl (C=O) groups is 1. The molecule has 0 spiro atoms. The number of rotatable bonds is 4. The lowest BCUT2D eigenvalue weighted by atomic mass is 10.2. The van der Waals surface area contributed by atoms with E-state index in [4.69, 9.17) is 16.3 Å². The van der Waals surface area contributed by atoms with E-state index < -0.39 is 0 Å². The van der Waals surface area contributed by atoms with E-state index in [1.54, 1.807) is 43.6 Å². The molecule has 0 aliphatic rings. The average molecular weight is 322 g/mol. The van der Waals surface area contributed by atoms with Crippen molar-refractivity contribution in [2.75, 3.05) is 19.5 Å². The smallest absolute Gasteiger partial charge is 0.321 e. The predicted molar refractivity (Wildman–Crippen MR) is 84.4 cm³/mol. The number of aromatic hydroxyl groups is 1. The largest absolute Gasteiger partial charge is 0.504 e. The van der Waals surface area contributed by atoms with Crippen molar-refractivity contribution in [1.82, 2.24) is 9.88 Å². The second-order valence-electron chi connectivity index (χ2n) is 4.63. The van der Waals surface area contributed by atoms with Crippen LogP contribution in [0.3, 0.4) is 0 Å². The minimum atomic E-state index is -0.329. The fourth-order valence-corrected chi connectivity index (χ4v) is 2.04. The number of hydrogen-bond acceptors (Lipinski definition) is 4. The van der Waals surface area contributed by atoms with Gasteiger partial charge in [0.2, 0.25) is 0 Å². The summed E-state index contributed by atoms with van der Waals surface area (Å²) in [5.74, 6) is 0.419. The van der Waals surface area contributed by atoms with Gasteiger partial charge in [-0.2, -0.15) is 0 Å². The molecule has 1 aromatic heterocycles. The lowest BCUT2D eigenvalue weighted by Crippen LogP contribution is -2.30. The van der Waals surface area contributed by atoms with E-state index in [0.29, 0.717) is 18.0 Å². The fourth-order valence-electron chi connectivity index (χ4n) is 1.87. The average Bonchev–Trinajstić information content (AvgIpc) is 2.49. The van der Waals surface area contributed by atoms with Gasteiger partial charge in [0.1, 0.15) is 0 Å². The third-order valence-corrected chi connectivity index (χ3v) is 3.31. The van der Waals surface area contributed by atoms with Gasteiger partial charge in [-0.05, 0) is 29.8 Å². The number of halogens is 1. The number of nitrogens with one attached hydrogen (secondary N) is 1. The molecule has 1 aromatic carbocycles. The summed E-state index contributed by atoms with van der Waals surface area (Å²) in [6, 6.07) is 8.00. The van der Waals surface area contributed by atoms with E-state index in [9.17, 15) is 9.90 Å². The van der Waals surface area contributed by atoms with Gasteiger partial charge in [-0.1, -0.05) is 17.7 Å². The molecule has 0 radical (unpaired) electrons. The van der Waals surface area contributed by atoms with Gasteiger partial charge in [0.15, 0.2) is 16.7 Å². The summed E-state index contributed by atoms with van der Waals surface area (Å²) in [5, 5.41) is 12.6. The molecule has 0 saturated carbocycles. The van der Waals surface area contributed by atoms with Crippen LogP contribution in [0.4, 0.5) is 10.5 Å². The van der Waals surface area contributed by atoms with Crippen molar-refractivity contribution in [2.45, 2.75) is 6.54 Å². The highest BCUT2D eigenvalue weighted by Crippen LogP contribution is 2.26. The molecule has 0 aliphatic carbocycles. The van der Waals surface area contributed by atoms with Gasteiger partial charge in [0, 0.05) is 19.8 Å². The minimum Gasteiger partial charge on any atom is -0.504 e. The van der Waals surface area contributed by atoms with Gasteiger partial charge in [0.05, 0.1) is 12.8 Å². The predicted octanol–water partition coefficient (Wildman–Crippen LogP) is 3.11. The van der Waals surface area contributed by atoms with E-state index in [-0.39, 0.29) is 16.9 Å². The first-order chi connectivity index (χ1) is 10.5. The molecule has 2 N–H and O–H groups in total. The topological polar surface area (TPSA) is 74.7 Å². The van der Waals surface area contributed by atoms with E-state index in [1.807, 2.05) is 0 Å². The van der Waals surface area contributed by atoms with Crippen molar-refractivity contribution < 1.29 is 14.6 Å². The van der Waals surface area contributed by atoms with Crippen molar-refractivity contribution in [3.05, 3.63) is 47.2 Å². The molecule has 0 saturated heterocycles. The highest BCUT2D eigenvalue weighted by atomic mass is 35.5. The van der Waals surface area contributed by atoms with Crippen molar-refractivity contribution in [2.24, 2.45) is 0 Å². The maximum absolute atomic E-state index is 12.1. The summed E-state index contributed by atoms with van der Waals surface area (Å²) in [6.07, 6.45) is 1.54. The first-order valence-electron chi connectivity index (χ1n) is 6.49. The number of nitrogens with zero attached hydrogens (tertiary/aromatic N) is 2. The van der Waals surface area contributed by atoms with Crippen LogP contribution in [-0.2, 0) is 6.54 Å². The number of aromatic nitrogens is 1. The number of carbonyl (C=O) groups excluding carboxylic acids is 1. The van der Waals surface area contributed by atoms with Gasteiger partial charge in [-0.3, -0.25) is 0 Å². The zero-order valence-electron chi connectivity index (χ0n) is 12.2. The summed E-state index contributed by atoms with van der Waals surface area (Å²) in [4.78, 5) is 17.5. The second-order valence-corrected chi connectivity index (χ2v) is 4.99. The Kier molecular flexibility index (Phi) is 5.06. The van der Waals surface area contributed by atoms with Gasteiger partial charge >= 0.3 is 6.03 Å². The number of phenols is 1. The van der Waals surface area contributed by atoms with Crippen molar-refractivity contribution in [1.29, 1.82) is 0 Å². The van der Waals surface area contributed by atoms with Crippen LogP contribution in [0, 0.1) is 0 Å². The van der Waals surface area contributed by atoms with Gasteiger partial charge in [0.25, 0.3) is 0 Å². The fraction of sp³-hybridized carbons (Fsp3) is 0.200. The molecule has 0 aliphatic heterocycles. The molecule has 2 amide bonds. The number of pyridine rings is 1. The first kappa shape index (κ1) is 15.9. The molecule has 0 fully saturated rings. The van der Waals surface area contributed by atoms with Crippen molar-refractivity contribution >= 4 is 23.3 Å². The van der Waals surface area contributed by atoms with E-state index in [1.165, 1.54) is 12.0 Å². The maximum atomic E-state index is 12.1. The zero-order valence-corrected chi connectivity index (χ0v) is 13.0. The maximum Gasteiger partial charge on any atom is 0.321 e. The normalized spacial score (nSPS) is 10.1. The van der Waals surface area contributed by atoms with Crippen molar-refractivity contribution in [3.8, 4) is 11.5 Å². The van der Waals surface area contributed by atoms with Crippen LogP contribution in [0.1, 0.15) is 5.56 Å².